The molecular weight excluding hydrogens is 626 g/mol. The lowest BCUT2D eigenvalue weighted by Gasteiger charge is -2.15. The molecular formula is C23H23ClI2N2O2. The third-order valence-corrected chi connectivity index (χ3v) is 8.17. The van der Waals surface area contributed by atoms with Gasteiger partial charge in [0.2, 0.25) is 5.91 Å². The molecule has 2 saturated carbocycles. The van der Waals surface area contributed by atoms with Gasteiger partial charge in [-0.25, -0.2) is 5.43 Å². The number of benzene rings is 2. The predicted molar refractivity (Wildman–Crippen MR) is 137 cm³/mol. The molecule has 0 aliphatic heterocycles. The van der Waals surface area contributed by atoms with Crippen LogP contribution >= 0.6 is 56.8 Å². The maximum atomic E-state index is 12.5. The molecule has 0 saturated heterocycles. The van der Waals surface area contributed by atoms with Crippen LogP contribution in [-0.2, 0) is 11.4 Å². The van der Waals surface area contributed by atoms with E-state index >= 15 is 0 Å². The first-order valence-corrected chi connectivity index (χ1v) is 12.6. The van der Waals surface area contributed by atoms with Gasteiger partial charge in [-0.05, 0) is 105 Å². The number of carbonyl (C=O) groups excluding carboxylic acids is 1. The van der Waals surface area contributed by atoms with Crippen molar-refractivity contribution in [3.05, 3.63) is 59.7 Å². The Morgan fingerprint density at radius 1 is 1.27 bits per heavy atom. The van der Waals surface area contributed by atoms with Crippen molar-refractivity contribution in [1.29, 1.82) is 0 Å². The molecule has 3 atom stereocenters. The Morgan fingerprint density at radius 3 is 2.60 bits per heavy atom. The number of hydrogen-bond acceptors (Lipinski definition) is 3. The average molecular weight is 649 g/mol. The van der Waals surface area contributed by atoms with Crippen molar-refractivity contribution in [2.75, 3.05) is 0 Å². The summed E-state index contributed by atoms with van der Waals surface area (Å²) in [6.45, 7) is 2.73. The van der Waals surface area contributed by atoms with Gasteiger partial charge in [0.05, 0.1) is 13.4 Å². The van der Waals surface area contributed by atoms with Crippen LogP contribution in [0.25, 0.3) is 0 Å². The van der Waals surface area contributed by atoms with Crippen LogP contribution < -0.4 is 10.2 Å². The minimum absolute atomic E-state index is 0.0629. The number of nitrogens with zero attached hydrogens (tertiary/aromatic N) is 1. The van der Waals surface area contributed by atoms with Gasteiger partial charge >= 0.3 is 0 Å². The van der Waals surface area contributed by atoms with E-state index in [1.165, 1.54) is 19.3 Å². The van der Waals surface area contributed by atoms with Crippen molar-refractivity contribution >= 4 is 68.9 Å². The second kappa shape index (κ2) is 9.32. The molecule has 30 heavy (non-hydrogen) atoms. The quantitative estimate of drug-likeness (QED) is 0.224. The Kier molecular flexibility index (Phi) is 6.94. The van der Waals surface area contributed by atoms with Crippen molar-refractivity contribution in [1.82, 2.24) is 5.43 Å². The lowest BCUT2D eigenvalue weighted by Crippen LogP contribution is -2.22. The molecule has 7 heteroatoms. The van der Waals surface area contributed by atoms with Gasteiger partial charge < -0.3 is 4.74 Å². The number of nitrogens with one attached hydrogen (secondary N) is 1. The van der Waals surface area contributed by atoms with Crippen LogP contribution in [0.15, 0.2) is 41.5 Å². The number of rotatable bonds is 6. The zero-order chi connectivity index (χ0) is 21.3. The molecule has 4 nitrogen and oxygen atoms in total. The van der Waals surface area contributed by atoms with E-state index < -0.39 is 0 Å². The van der Waals surface area contributed by atoms with Gasteiger partial charge in [0, 0.05) is 10.9 Å². The standard InChI is InChI=1S/C23H23ClI2N2O2/c1-23-9-3-2-4-17(23)20(23)22(29)28-27-12-15-10-18(25)21(19(26)11-15)30-13-14-5-7-16(24)8-6-14/h5-8,10-12,17,20H,2-4,9,13H2,1H3,(H,28,29)/b27-12-/t17-,20-,23+/m1/s1. The van der Waals surface area contributed by atoms with Crippen molar-refractivity contribution in [3.63, 3.8) is 0 Å². The molecule has 2 aromatic rings. The van der Waals surface area contributed by atoms with Crippen LogP contribution in [0.3, 0.4) is 0 Å². The molecule has 0 bridgehead atoms. The number of ether oxygens (including phenoxy) is 1. The van der Waals surface area contributed by atoms with Gasteiger partial charge in [-0.1, -0.05) is 43.5 Å². The monoisotopic (exact) mass is 648 g/mol. The van der Waals surface area contributed by atoms with Crippen LogP contribution in [-0.4, -0.2) is 12.1 Å². The van der Waals surface area contributed by atoms with Gasteiger partial charge in [0.25, 0.3) is 0 Å². The topological polar surface area (TPSA) is 50.7 Å². The molecule has 0 spiro atoms. The summed E-state index contributed by atoms with van der Waals surface area (Å²) in [5, 5.41) is 4.94. The summed E-state index contributed by atoms with van der Waals surface area (Å²) >= 11 is 10.5. The fourth-order valence-corrected chi connectivity index (χ4v) is 6.87. The number of fused-ring (bicyclic) bond motifs is 1. The lowest BCUT2D eigenvalue weighted by atomic mass is 9.90. The van der Waals surface area contributed by atoms with Gasteiger partial charge in [-0.15, -0.1) is 0 Å². The van der Waals surface area contributed by atoms with Crippen molar-refractivity contribution < 1.29 is 9.53 Å². The second-order valence-corrected chi connectivity index (χ2v) is 11.1. The molecule has 1 amide bonds. The molecule has 0 aromatic heterocycles. The van der Waals surface area contributed by atoms with Gasteiger partial charge in [0.1, 0.15) is 12.4 Å². The molecule has 4 rings (SSSR count). The second-order valence-electron chi connectivity index (χ2n) is 8.30. The van der Waals surface area contributed by atoms with E-state index in [1.807, 2.05) is 36.4 Å². The highest BCUT2D eigenvalue weighted by Crippen LogP contribution is 2.66. The fourth-order valence-electron chi connectivity index (χ4n) is 4.62. The average Bonchev–Trinajstić information content (AvgIpc) is 3.34. The minimum Gasteiger partial charge on any atom is -0.487 e. The number of amides is 1. The third-order valence-electron chi connectivity index (χ3n) is 6.32. The Bertz CT molecular complexity index is 957. The normalized spacial score (nSPS) is 25.1. The molecule has 158 valence electrons. The molecule has 2 aromatic carbocycles. The first-order valence-electron chi connectivity index (χ1n) is 10.1. The molecule has 1 N–H and O–H groups in total. The zero-order valence-corrected chi connectivity index (χ0v) is 21.7. The van der Waals surface area contributed by atoms with Crippen LogP contribution in [0.5, 0.6) is 5.75 Å². The Balaban J connectivity index is 1.36. The molecule has 2 aliphatic rings. The van der Waals surface area contributed by atoms with E-state index in [4.69, 9.17) is 16.3 Å². The molecule has 0 unspecified atom stereocenters. The maximum absolute atomic E-state index is 12.5. The Hall–Kier alpha value is -0.870. The largest absolute Gasteiger partial charge is 0.487 e. The van der Waals surface area contributed by atoms with Crippen molar-refractivity contribution in [2.45, 2.75) is 39.2 Å². The lowest BCUT2D eigenvalue weighted by molar-refractivity contribution is -0.123. The van der Waals surface area contributed by atoms with E-state index in [-0.39, 0.29) is 17.2 Å². The SMILES string of the molecule is C[C@]12CCCC[C@@H]1[C@@H]2C(=O)N/N=C\c1cc(I)c(OCc2ccc(Cl)cc2)c(I)c1. The van der Waals surface area contributed by atoms with Crippen molar-refractivity contribution in [2.24, 2.45) is 22.4 Å². The molecule has 0 heterocycles. The van der Waals surface area contributed by atoms with Crippen molar-refractivity contribution in [3.8, 4) is 5.75 Å². The highest BCUT2D eigenvalue weighted by Gasteiger charge is 2.64. The van der Waals surface area contributed by atoms with E-state index in [1.54, 1.807) is 6.21 Å². The Morgan fingerprint density at radius 2 is 1.97 bits per heavy atom. The summed E-state index contributed by atoms with van der Waals surface area (Å²) in [5.41, 5.74) is 4.96. The number of hydrazone groups is 1. The minimum atomic E-state index is 0.0629. The summed E-state index contributed by atoms with van der Waals surface area (Å²) in [4.78, 5) is 12.5. The van der Waals surface area contributed by atoms with Gasteiger partial charge in [-0.2, -0.15) is 5.10 Å². The maximum Gasteiger partial charge on any atom is 0.244 e. The van der Waals surface area contributed by atoms with Gasteiger partial charge in [-0.3, -0.25) is 4.79 Å². The summed E-state index contributed by atoms with van der Waals surface area (Å²) in [6.07, 6.45) is 6.53. The molecule has 0 radical (unpaired) electrons. The van der Waals surface area contributed by atoms with Crippen LogP contribution in [0.4, 0.5) is 0 Å². The van der Waals surface area contributed by atoms with Crippen LogP contribution in [0.1, 0.15) is 43.7 Å². The first kappa shape index (κ1) is 22.3. The molecule has 2 fully saturated rings. The van der Waals surface area contributed by atoms with E-state index in [0.29, 0.717) is 17.5 Å². The number of hydrogen-bond donors (Lipinski definition) is 1. The van der Waals surface area contributed by atoms with Crippen LogP contribution in [0, 0.1) is 24.4 Å². The summed E-state index contributed by atoms with van der Waals surface area (Å²) in [5.74, 6) is 1.58. The third kappa shape index (κ3) is 4.80. The highest BCUT2D eigenvalue weighted by molar-refractivity contribution is 14.1. The first-order chi connectivity index (χ1) is 14.4. The fraction of sp³-hybridized carbons (Fsp3) is 0.391. The Labute approximate surface area is 209 Å². The van der Waals surface area contributed by atoms with E-state index in [2.05, 4.69) is 62.6 Å². The number of halogens is 3. The smallest absolute Gasteiger partial charge is 0.244 e. The van der Waals surface area contributed by atoms with E-state index in [0.717, 1.165) is 30.4 Å². The molecule has 2 aliphatic carbocycles. The predicted octanol–water partition coefficient (Wildman–Crippen LogP) is 6.40. The summed E-state index contributed by atoms with van der Waals surface area (Å²) < 4.78 is 8.03. The number of carbonyl (C=O) groups is 1. The van der Waals surface area contributed by atoms with Gasteiger partial charge in [0.15, 0.2) is 0 Å². The zero-order valence-electron chi connectivity index (χ0n) is 16.6. The van der Waals surface area contributed by atoms with Crippen LogP contribution in [0.2, 0.25) is 5.02 Å². The summed E-state index contributed by atoms with van der Waals surface area (Å²) in [7, 11) is 0. The highest BCUT2D eigenvalue weighted by atomic mass is 127. The summed E-state index contributed by atoms with van der Waals surface area (Å²) in [6, 6.07) is 11.7. The van der Waals surface area contributed by atoms with E-state index in [9.17, 15) is 4.79 Å².